The lowest BCUT2D eigenvalue weighted by Crippen LogP contribution is -2.34. The van der Waals surface area contributed by atoms with Gasteiger partial charge in [0.1, 0.15) is 0 Å². The fourth-order valence-corrected chi connectivity index (χ4v) is 1.83. The summed E-state index contributed by atoms with van der Waals surface area (Å²) in [5.74, 6) is -1.46. The molecule has 0 aromatic heterocycles. The number of carboxylic acid groups (broad SMARTS) is 1. The van der Waals surface area contributed by atoms with E-state index in [1.54, 1.807) is 6.07 Å². The number of aromatic hydroxyl groups is 1. The Morgan fingerprint density at radius 1 is 1.42 bits per heavy atom. The Hall–Kier alpha value is -2.24. The summed E-state index contributed by atoms with van der Waals surface area (Å²) >= 11 is 0. The van der Waals surface area contributed by atoms with E-state index in [4.69, 9.17) is 9.84 Å². The number of rotatable bonds is 5. The molecule has 1 fully saturated rings. The molecular formula is C13H15NO5. The second-order valence-electron chi connectivity index (χ2n) is 4.62. The number of hydrogen-bond donors (Lipinski definition) is 3. The molecule has 6 heteroatoms. The Balaban J connectivity index is 2.07. The summed E-state index contributed by atoms with van der Waals surface area (Å²) in [6.45, 7) is 0.0673. The lowest BCUT2D eigenvalue weighted by molar-refractivity contribution is -0.143. The molecule has 1 saturated carbocycles. The normalized spacial score (nSPS) is 15.6. The number of carbonyl (C=O) groups excluding carboxylic acids is 1. The highest BCUT2D eigenvalue weighted by Gasteiger charge is 2.50. The topological polar surface area (TPSA) is 95.9 Å². The summed E-state index contributed by atoms with van der Waals surface area (Å²) in [6.07, 6.45) is 1.12. The van der Waals surface area contributed by atoms with Crippen molar-refractivity contribution in [3.8, 4) is 11.5 Å². The van der Waals surface area contributed by atoms with Crippen LogP contribution < -0.4 is 10.1 Å². The van der Waals surface area contributed by atoms with E-state index in [1.807, 2.05) is 0 Å². The number of para-hydroxylation sites is 1. The van der Waals surface area contributed by atoms with Crippen molar-refractivity contribution in [2.24, 2.45) is 5.41 Å². The van der Waals surface area contributed by atoms with Crippen LogP contribution in [0.3, 0.4) is 0 Å². The molecule has 1 amide bonds. The fourth-order valence-electron chi connectivity index (χ4n) is 1.83. The number of amides is 1. The summed E-state index contributed by atoms with van der Waals surface area (Å²) in [6, 6.07) is 4.57. The zero-order valence-electron chi connectivity index (χ0n) is 10.5. The van der Waals surface area contributed by atoms with Crippen molar-refractivity contribution in [3.63, 3.8) is 0 Å². The molecule has 0 bridgehead atoms. The number of carboxylic acids is 1. The van der Waals surface area contributed by atoms with Gasteiger partial charge in [0.2, 0.25) is 0 Å². The van der Waals surface area contributed by atoms with Gasteiger partial charge in [-0.3, -0.25) is 9.59 Å². The first-order valence-electron chi connectivity index (χ1n) is 5.88. The van der Waals surface area contributed by atoms with E-state index in [0.717, 1.165) is 0 Å². The summed E-state index contributed by atoms with van der Waals surface area (Å²) in [4.78, 5) is 22.9. The fraction of sp³-hybridized carbons (Fsp3) is 0.385. The molecule has 0 saturated heterocycles. The maximum absolute atomic E-state index is 11.9. The molecule has 1 aliphatic rings. The van der Waals surface area contributed by atoms with Crippen molar-refractivity contribution in [3.05, 3.63) is 23.8 Å². The summed E-state index contributed by atoms with van der Waals surface area (Å²) in [5, 5.41) is 21.4. The van der Waals surface area contributed by atoms with E-state index in [1.165, 1.54) is 19.2 Å². The third-order valence-electron chi connectivity index (χ3n) is 3.36. The van der Waals surface area contributed by atoms with Crippen LogP contribution in [0.4, 0.5) is 0 Å². The minimum absolute atomic E-state index is 0.0673. The third kappa shape index (κ3) is 2.47. The van der Waals surface area contributed by atoms with Crippen LogP contribution in [0, 0.1) is 5.41 Å². The Morgan fingerprint density at radius 3 is 2.63 bits per heavy atom. The molecule has 0 atom stereocenters. The molecule has 6 nitrogen and oxygen atoms in total. The highest BCUT2D eigenvalue weighted by atomic mass is 16.5. The average Bonchev–Trinajstić information content (AvgIpc) is 3.17. The van der Waals surface area contributed by atoms with E-state index in [0.29, 0.717) is 12.8 Å². The van der Waals surface area contributed by atoms with Crippen LogP contribution in [0.15, 0.2) is 18.2 Å². The van der Waals surface area contributed by atoms with E-state index in [-0.39, 0.29) is 23.6 Å². The number of phenolic OH excluding ortho intramolecular Hbond substituents is 1. The van der Waals surface area contributed by atoms with Gasteiger partial charge in [0.15, 0.2) is 11.5 Å². The Morgan fingerprint density at radius 2 is 2.11 bits per heavy atom. The number of ether oxygens (including phenoxy) is 1. The highest BCUT2D eigenvalue weighted by Crippen LogP contribution is 2.45. The molecule has 0 spiro atoms. The maximum Gasteiger partial charge on any atom is 0.311 e. The molecule has 0 radical (unpaired) electrons. The zero-order chi connectivity index (χ0) is 14.0. The first kappa shape index (κ1) is 13.2. The summed E-state index contributed by atoms with van der Waals surface area (Å²) in [5.41, 5.74) is -0.759. The molecule has 3 N–H and O–H groups in total. The largest absolute Gasteiger partial charge is 0.504 e. The molecule has 1 aromatic rings. The van der Waals surface area contributed by atoms with Crippen molar-refractivity contribution >= 4 is 11.9 Å². The Bertz CT molecular complexity index is 522. The van der Waals surface area contributed by atoms with E-state index in [2.05, 4.69) is 5.32 Å². The van der Waals surface area contributed by atoms with Crippen molar-refractivity contribution < 1.29 is 24.5 Å². The van der Waals surface area contributed by atoms with Crippen LogP contribution in [0.25, 0.3) is 0 Å². The van der Waals surface area contributed by atoms with Gasteiger partial charge in [-0.2, -0.15) is 0 Å². The SMILES string of the molecule is COc1cccc(C(=O)NCC2(C(=O)O)CC2)c1O. The number of phenols is 1. The van der Waals surface area contributed by atoms with Gasteiger partial charge in [0.25, 0.3) is 5.91 Å². The van der Waals surface area contributed by atoms with Crippen LogP contribution in [-0.4, -0.2) is 35.7 Å². The number of benzene rings is 1. The number of methoxy groups -OCH3 is 1. The second kappa shape index (κ2) is 4.79. The maximum atomic E-state index is 11.9. The van der Waals surface area contributed by atoms with Gasteiger partial charge in [0.05, 0.1) is 18.1 Å². The monoisotopic (exact) mass is 265 g/mol. The van der Waals surface area contributed by atoms with Gasteiger partial charge in [-0.25, -0.2) is 0 Å². The lowest BCUT2D eigenvalue weighted by atomic mass is 10.1. The minimum Gasteiger partial charge on any atom is -0.504 e. The van der Waals surface area contributed by atoms with Crippen LogP contribution in [0.2, 0.25) is 0 Å². The van der Waals surface area contributed by atoms with Crippen molar-refractivity contribution in [1.82, 2.24) is 5.32 Å². The van der Waals surface area contributed by atoms with Gasteiger partial charge in [-0.05, 0) is 25.0 Å². The van der Waals surface area contributed by atoms with Crippen molar-refractivity contribution in [2.45, 2.75) is 12.8 Å². The lowest BCUT2D eigenvalue weighted by Gasteiger charge is -2.12. The molecule has 19 heavy (non-hydrogen) atoms. The van der Waals surface area contributed by atoms with Crippen molar-refractivity contribution in [2.75, 3.05) is 13.7 Å². The van der Waals surface area contributed by atoms with Gasteiger partial charge >= 0.3 is 5.97 Å². The van der Waals surface area contributed by atoms with Crippen LogP contribution in [0.1, 0.15) is 23.2 Å². The van der Waals surface area contributed by atoms with Gasteiger partial charge in [-0.1, -0.05) is 6.07 Å². The number of carbonyl (C=O) groups is 2. The van der Waals surface area contributed by atoms with Crippen LogP contribution in [-0.2, 0) is 4.79 Å². The Kier molecular flexibility index (Phi) is 3.33. The number of nitrogens with one attached hydrogen (secondary N) is 1. The molecule has 0 heterocycles. The predicted octanol–water partition coefficient (Wildman–Crippen LogP) is 0.995. The smallest absolute Gasteiger partial charge is 0.311 e. The second-order valence-corrected chi connectivity index (χ2v) is 4.62. The molecule has 0 aliphatic heterocycles. The molecule has 1 aliphatic carbocycles. The predicted molar refractivity (Wildman–Crippen MR) is 66.3 cm³/mol. The molecule has 0 unspecified atom stereocenters. The molecule has 2 rings (SSSR count). The average molecular weight is 265 g/mol. The van der Waals surface area contributed by atoms with E-state index >= 15 is 0 Å². The third-order valence-corrected chi connectivity index (χ3v) is 3.36. The summed E-state index contributed by atoms with van der Waals surface area (Å²) in [7, 11) is 1.39. The highest BCUT2D eigenvalue weighted by molar-refractivity contribution is 5.98. The Labute approximate surface area is 110 Å². The minimum atomic E-state index is -0.900. The number of hydrogen-bond acceptors (Lipinski definition) is 4. The molecule has 1 aromatic carbocycles. The van der Waals surface area contributed by atoms with Crippen LogP contribution in [0.5, 0.6) is 11.5 Å². The quantitative estimate of drug-likeness (QED) is 0.738. The molecule has 102 valence electrons. The number of aliphatic carboxylic acids is 1. The zero-order valence-corrected chi connectivity index (χ0v) is 10.5. The van der Waals surface area contributed by atoms with Crippen molar-refractivity contribution in [1.29, 1.82) is 0 Å². The standard InChI is InChI=1S/C13H15NO5/c1-19-9-4-2-3-8(10(9)15)11(16)14-7-13(5-6-13)12(17)18/h2-4,15H,5-7H2,1H3,(H,14,16)(H,17,18). The van der Waals surface area contributed by atoms with Gasteiger partial charge < -0.3 is 20.3 Å². The summed E-state index contributed by atoms with van der Waals surface area (Å²) < 4.78 is 4.91. The van der Waals surface area contributed by atoms with Crippen LogP contribution >= 0.6 is 0 Å². The van der Waals surface area contributed by atoms with E-state index in [9.17, 15) is 14.7 Å². The molecular weight excluding hydrogens is 250 g/mol. The van der Waals surface area contributed by atoms with Gasteiger partial charge in [-0.15, -0.1) is 0 Å². The first-order valence-corrected chi connectivity index (χ1v) is 5.88. The van der Waals surface area contributed by atoms with Gasteiger partial charge in [0, 0.05) is 6.54 Å². The first-order chi connectivity index (χ1) is 9.00. The van der Waals surface area contributed by atoms with E-state index < -0.39 is 17.3 Å².